The van der Waals surface area contributed by atoms with E-state index in [1.54, 1.807) is 0 Å². The number of allylic oxidation sites excluding steroid dienone is 6. The van der Waals surface area contributed by atoms with Crippen LogP contribution in [-0.2, 0) is 19.3 Å². The molecule has 1 aromatic rings. The molecule has 102 valence electrons. The Hall–Kier alpha value is -1.76. The first-order valence-corrected chi connectivity index (χ1v) is 6.90. The lowest BCUT2D eigenvalue weighted by atomic mass is 9.96. The lowest BCUT2D eigenvalue weighted by Crippen LogP contribution is -1.96. The third-order valence-electron chi connectivity index (χ3n) is 3.10. The van der Waals surface area contributed by atoms with Crippen molar-refractivity contribution < 1.29 is 5.11 Å². The zero-order valence-electron chi connectivity index (χ0n) is 12.2. The minimum absolute atomic E-state index is 0.416. The number of aromatic hydroxyl groups is 1. The molecule has 1 aromatic carbocycles. The van der Waals surface area contributed by atoms with Gasteiger partial charge in [0.1, 0.15) is 5.75 Å². The van der Waals surface area contributed by atoms with Gasteiger partial charge >= 0.3 is 0 Å². The van der Waals surface area contributed by atoms with Gasteiger partial charge in [0.15, 0.2) is 0 Å². The quantitative estimate of drug-likeness (QED) is 0.728. The first-order chi connectivity index (χ1) is 9.22. The van der Waals surface area contributed by atoms with Crippen molar-refractivity contribution in [1.29, 1.82) is 0 Å². The van der Waals surface area contributed by atoms with E-state index in [1.165, 1.54) is 11.1 Å². The highest BCUT2D eigenvalue weighted by molar-refractivity contribution is 5.45. The van der Waals surface area contributed by atoms with E-state index in [1.807, 2.05) is 39.0 Å². The van der Waals surface area contributed by atoms with Crippen molar-refractivity contribution in [3.05, 3.63) is 65.3 Å². The average molecular weight is 256 g/mol. The fraction of sp³-hybridized carbons (Fsp3) is 0.333. The van der Waals surface area contributed by atoms with Crippen LogP contribution in [0.15, 0.2) is 48.6 Å². The molecule has 1 nitrogen and oxygen atoms in total. The molecular weight excluding hydrogens is 232 g/mol. The number of benzene rings is 1. The molecule has 1 rings (SSSR count). The fourth-order valence-electron chi connectivity index (χ4n) is 2.05. The van der Waals surface area contributed by atoms with E-state index in [0.29, 0.717) is 5.75 Å². The Labute approximate surface area is 117 Å². The summed E-state index contributed by atoms with van der Waals surface area (Å²) in [5.41, 5.74) is 3.43. The maximum atomic E-state index is 10.2. The van der Waals surface area contributed by atoms with Gasteiger partial charge in [0.05, 0.1) is 0 Å². The molecule has 0 aliphatic rings. The molecule has 0 aliphatic heterocycles. The van der Waals surface area contributed by atoms with Crippen LogP contribution < -0.4 is 0 Å². The minimum Gasteiger partial charge on any atom is -0.508 e. The molecule has 0 bridgehead atoms. The minimum atomic E-state index is 0.416. The second-order valence-electron chi connectivity index (χ2n) is 4.57. The molecule has 0 saturated carbocycles. The van der Waals surface area contributed by atoms with Crippen LogP contribution in [0.1, 0.15) is 37.5 Å². The van der Waals surface area contributed by atoms with Gasteiger partial charge in [-0.2, -0.15) is 0 Å². The van der Waals surface area contributed by atoms with Gasteiger partial charge in [0.2, 0.25) is 0 Å². The standard InChI is InChI=1S/C18H24O/c1-4-7-10-15-13-16(11-8-5-2)17(12-9-6-3)18(19)14-15/h4-9,13-14,19H,10-12H2,1-3H3/b7-4+,8-5+,9-6+. The van der Waals surface area contributed by atoms with E-state index < -0.39 is 0 Å². The van der Waals surface area contributed by atoms with Crippen molar-refractivity contribution in [1.82, 2.24) is 0 Å². The van der Waals surface area contributed by atoms with Crippen LogP contribution in [0.3, 0.4) is 0 Å². The predicted molar refractivity (Wildman–Crippen MR) is 83.7 cm³/mol. The summed E-state index contributed by atoms with van der Waals surface area (Å²) in [4.78, 5) is 0. The van der Waals surface area contributed by atoms with Gasteiger partial charge in [-0.15, -0.1) is 0 Å². The number of hydrogen-bond acceptors (Lipinski definition) is 1. The van der Waals surface area contributed by atoms with Crippen LogP contribution in [0.2, 0.25) is 0 Å². The molecule has 0 amide bonds. The van der Waals surface area contributed by atoms with Crippen molar-refractivity contribution in [3.63, 3.8) is 0 Å². The van der Waals surface area contributed by atoms with E-state index in [0.717, 1.165) is 24.8 Å². The summed E-state index contributed by atoms with van der Waals surface area (Å²) in [5, 5.41) is 10.2. The van der Waals surface area contributed by atoms with Crippen LogP contribution in [0.5, 0.6) is 5.75 Å². The summed E-state index contributed by atoms with van der Waals surface area (Å²) >= 11 is 0. The van der Waals surface area contributed by atoms with Crippen LogP contribution in [0, 0.1) is 0 Å². The van der Waals surface area contributed by atoms with Gasteiger partial charge < -0.3 is 5.11 Å². The number of phenols is 1. The third-order valence-corrected chi connectivity index (χ3v) is 3.10. The second kappa shape index (κ2) is 8.36. The predicted octanol–water partition coefficient (Wildman–Crippen LogP) is 4.75. The van der Waals surface area contributed by atoms with Gasteiger partial charge in [-0.3, -0.25) is 0 Å². The smallest absolute Gasteiger partial charge is 0.119 e. The van der Waals surface area contributed by atoms with Gasteiger partial charge in [-0.1, -0.05) is 42.5 Å². The molecule has 0 atom stereocenters. The molecule has 0 saturated heterocycles. The summed E-state index contributed by atoms with van der Waals surface area (Å²) in [6.07, 6.45) is 15.0. The molecule has 19 heavy (non-hydrogen) atoms. The molecule has 0 aliphatic carbocycles. The molecule has 1 heteroatoms. The van der Waals surface area contributed by atoms with Gasteiger partial charge in [-0.25, -0.2) is 0 Å². The zero-order chi connectivity index (χ0) is 14.1. The molecule has 0 radical (unpaired) electrons. The highest BCUT2D eigenvalue weighted by Crippen LogP contribution is 2.26. The Morgan fingerprint density at radius 2 is 1.42 bits per heavy atom. The monoisotopic (exact) mass is 256 g/mol. The van der Waals surface area contributed by atoms with Gasteiger partial charge in [-0.05, 0) is 57.2 Å². The third kappa shape index (κ3) is 4.78. The Kier molecular flexibility index (Phi) is 6.73. The summed E-state index contributed by atoms with van der Waals surface area (Å²) in [6.45, 7) is 6.04. The van der Waals surface area contributed by atoms with Crippen LogP contribution >= 0.6 is 0 Å². The lowest BCUT2D eigenvalue weighted by molar-refractivity contribution is 0.468. The van der Waals surface area contributed by atoms with E-state index >= 15 is 0 Å². The Morgan fingerprint density at radius 3 is 2.05 bits per heavy atom. The summed E-state index contributed by atoms with van der Waals surface area (Å²) in [5.74, 6) is 0.416. The Bertz CT molecular complexity index is 479. The topological polar surface area (TPSA) is 20.2 Å². The SMILES string of the molecule is C/C=C/Cc1cc(O)c(C/C=C/C)c(C/C=C/C)c1. The van der Waals surface area contributed by atoms with E-state index in [2.05, 4.69) is 30.4 Å². The maximum Gasteiger partial charge on any atom is 0.119 e. The first-order valence-electron chi connectivity index (χ1n) is 6.90. The number of hydrogen-bond donors (Lipinski definition) is 1. The Balaban J connectivity index is 3.12. The zero-order valence-corrected chi connectivity index (χ0v) is 12.2. The van der Waals surface area contributed by atoms with E-state index in [-0.39, 0.29) is 0 Å². The normalized spacial score (nSPS) is 12.2. The molecule has 0 aromatic heterocycles. The van der Waals surface area contributed by atoms with Crippen molar-refractivity contribution in [2.45, 2.75) is 40.0 Å². The van der Waals surface area contributed by atoms with E-state index in [9.17, 15) is 5.11 Å². The number of phenolic OH excluding ortho intramolecular Hbond substituents is 1. The molecule has 0 spiro atoms. The molecule has 0 unspecified atom stereocenters. The molecule has 0 fully saturated rings. The van der Waals surface area contributed by atoms with Crippen molar-refractivity contribution >= 4 is 0 Å². The van der Waals surface area contributed by atoms with Gasteiger partial charge in [0.25, 0.3) is 0 Å². The second-order valence-corrected chi connectivity index (χ2v) is 4.57. The highest BCUT2D eigenvalue weighted by Gasteiger charge is 2.08. The average Bonchev–Trinajstić information content (AvgIpc) is 2.41. The Morgan fingerprint density at radius 1 is 0.842 bits per heavy atom. The summed E-state index contributed by atoms with van der Waals surface area (Å²) < 4.78 is 0. The largest absolute Gasteiger partial charge is 0.508 e. The lowest BCUT2D eigenvalue weighted by Gasteiger charge is -2.11. The van der Waals surface area contributed by atoms with Crippen molar-refractivity contribution in [3.8, 4) is 5.75 Å². The van der Waals surface area contributed by atoms with Crippen LogP contribution in [0.4, 0.5) is 0 Å². The molecule has 0 heterocycles. The summed E-state index contributed by atoms with van der Waals surface area (Å²) in [7, 11) is 0. The fourth-order valence-corrected chi connectivity index (χ4v) is 2.05. The number of rotatable bonds is 6. The van der Waals surface area contributed by atoms with Crippen molar-refractivity contribution in [2.75, 3.05) is 0 Å². The molecule has 1 N–H and O–H groups in total. The first kappa shape index (κ1) is 15.3. The van der Waals surface area contributed by atoms with Crippen LogP contribution in [0.25, 0.3) is 0 Å². The van der Waals surface area contributed by atoms with Crippen molar-refractivity contribution in [2.24, 2.45) is 0 Å². The van der Waals surface area contributed by atoms with Gasteiger partial charge in [0, 0.05) is 5.56 Å². The summed E-state index contributed by atoms with van der Waals surface area (Å²) in [6, 6.07) is 4.09. The van der Waals surface area contributed by atoms with Crippen LogP contribution in [-0.4, -0.2) is 5.11 Å². The highest BCUT2D eigenvalue weighted by atomic mass is 16.3. The molecular formula is C18H24O. The maximum absolute atomic E-state index is 10.2. The van der Waals surface area contributed by atoms with E-state index in [4.69, 9.17) is 0 Å².